The van der Waals surface area contributed by atoms with Gasteiger partial charge in [-0.3, -0.25) is 4.79 Å². The maximum absolute atomic E-state index is 13.5. The van der Waals surface area contributed by atoms with Crippen LogP contribution in [0.2, 0.25) is 5.02 Å². The molecule has 1 aromatic rings. The van der Waals surface area contributed by atoms with E-state index in [0.29, 0.717) is 12.8 Å². The molecule has 2 nitrogen and oxygen atoms in total. The van der Waals surface area contributed by atoms with Crippen molar-refractivity contribution in [1.29, 1.82) is 5.26 Å². The molecular weight excluding hydrogens is 229 g/mol. The lowest BCUT2D eigenvalue weighted by atomic mass is 9.94. The van der Waals surface area contributed by atoms with Crippen LogP contribution in [0.4, 0.5) is 4.39 Å². The van der Waals surface area contributed by atoms with Gasteiger partial charge in [0.05, 0.1) is 16.7 Å². The van der Waals surface area contributed by atoms with Gasteiger partial charge >= 0.3 is 0 Å². The van der Waals surface area contributed by atoms with E-state index in [1.54, 1.807) is 0 Å². The highest BCUT2D eigenvalue weighted by Gasteiger charge is 2.22. The van der Waals surface area contributed by atoms with E-state index in [2.05, 4.69) is 0 Å². The SMILES string of the molecule is CCCC(C#N)C(=O)c1cccc(Cl)c1F. The molecule has 0 radical (unpaired) electrons. The minimum absolute atomic E-state index is 0.0981. The second kappa shape index (κ2) is 5.62. The van der Waals surface area contributed by atoms with E-state index in [4.69, 9.17) is 16.9 Å². The lowest BCUT2D eigenvalue weighted by Crippen LogP contribution is -2.14. The maximum Gasteiger partial charge on any atom is 0.182 e. The fourth-order valence-electron chi connectivity index (χ4n) is 1.42. The molecule has 0 aliphatic carbocycles. The first kappa shape index (κ1) is 12.7. The van der Waals surface area contributed by atoms with E-state index < -0.39 is 17.5 Å². The average Bonchev–Trinajstić information content (AvgIpc) is 2.29. The Balaban J connectivity index is 3.05. The highest BCUT2D eigenvalue weighted by molar-refractivity contribution is 6.31. The second-order valence-electron chi connectivity index (χ2n) is 3.44. The van der Waals surface area contributed by atoms with Crippen LogP contribution in [0.25, 0.3) is 0 Å². The van der Waals surface area contributed by atoms with Crippen molar-refractivity contribution >= 4 is 17.4 Å². The molecule has 0 spiro atoms. The molecule has 1 rings (SSSR count). The Kier molecular flexibility index (Phi) is 4.45. The van der Waals surface area contributed by atoms with Crippen LogP contribution in [0.3, 0.4) is 0 Å². The third-order valence-electron chi connectivity index (χ3n) is 2.27. The molecule has 0 bridgehead atoms. The first-order valence-corrected chi connectivity index (χ1v) is 5.37. The van der Waals surface area contributed by atoms with Crippen molar-refractivity contribution < 1.29 is 9.18 Å². The van der Waals surface area contributed by atoms with E-state index in [1.165, 1.54) is 18.2 Å². The Morgan fingerprint density at radius 2 is 2.31 bits per heavy atom. The topological polar surface area (TPSA) is 40.9 Å². The third-order valence-corrected chi connectivity index (χ3v) is 2.56. The molecule has 16 heavy (non-hydrogen) atoms. The normalized spacial score (nSPS) is 11.9. The number of carbonyl (C=O) groups is 1. The van der Waals surface area contributed by atoms with Crippen molar-refractivity contribution in [2.24, 2.45) is 5.92 Å². The summed E-state index contributed by atoms with van der Waals surface area (Å²) in [6.45, 7) is 1.87. The van der Waals surface area contributed by atoms with Crippen molar-refractivity contribution in [3.05, 3.63) is 34.6 Å². The standard InChI is InChI=1S/C12H11ClFNO/c1-2-4-8(7-15)12(16)9-5-3-6-10(13)11(9)14/h3,5-6,8H,2,4H2,1H3. The quantitative estimate of drug-likeness (QED) is 0.754. The molecule has 1 atom stereocenters. The first-order valence-electron chi connectivity index (χ1n) is 4.99. The van der Waals surface area contributed by atoms with Gasteiger partial charge in [0, 0.05) is 0 Å². The number of nitrogens with zero attached hydrogens (tertiary/aromatic N) is 1. The second-order valence-corrected chi connectivity index (χ2v) is 3.84. The van der Waals surface area contributed by atoms with Gasteiger partial charge in [-0.25, -0.2) is 4.39 Å². The Morgan fingerprint density at radius 1 is 1.62 bits per heavy atom. The van der Waals surface area contributed by atoms with Crippen LogP contribution in [0.5, 0.6) is 0 Å². The fraction of sp³-hybridized carbons (Fsp3) is 0.333. The zero-order valence-electron chi connectivity index (χ0n) is 8.84. The van der Waals surface area contributed by atoms with Crippen LogP contribution in [-0.2, 0) is 0 Å². The zero-order valence-corrected chi connectivity index (χ0v) is 9.59. The molecule has 0 saturated heterocycles. The highest BCUT2D eigenvalue weighted by Crippen LogP contribution is 2.21. The Morgan fingerprint density at radius 3 is 2.88 bits per heavy atom. The van der Waals surface area contributed by atoms with Gasteiger partial charge in [-0.2, -0.15) is 5.26 Å². The predicted molar refractivity (Wildman–Crippen MR) is 59.8 cm³/mol. The van der Waals surface area contributed by atoms with Crippen LogP contribution < -0.4 is 0 Å². The molecule has 4 heteroatoms. The molecule has 0 amide bonds. The number of ketones is 1. The zero-order chi connectivity index (χ0) is 12.1. The minimum Gasteiger partial charge on any atom is -0.293 e. The fourth-order valence-corrected chi connectivity index (χ4v) is 1.60. The average molecular weight is 240 g/mol. The molecule has 0 fully saturated rings. The Hall–Kier alpha value is -1.40. The summed E-state index contributed by atoms with van der Waals surface area (Å²) >= 11 is 5.57. The lowest BCUT2D eigenvalue weighted by molar-refractivity contribution is 0.0939. The van der Waals surface area contributed by atoms with Crippen LogP contribution in [0, 0.1) is 23.1 Å². The molecule has 0 N–H and O–H groups in total. The number of nitriles is 1. The van der Waals surface area contributed by atoms with Crippen molar-refractivity contribution in [3.8, 4) is 6.07 Å². The largest absolute Gasteiger partial charge is 0.293 e. The molecule has 0 aliphatic heterocycles. The summed E-state index contributed by atoms with van der Waals surface area (Å²) in [4.78, 5) is 11.8. The smallest absolute Gasteiger partial charge is 0.182 e. The molecule has 0 heterocycles. The number of carbonyl (C=O) groups excluding carboxylic acids is 1. The number of benzene rings is 1. The number of halogens is 2. The summed E-state index contributed by atoms with van der Waals surface area (Å²) in [5.41, 5.74) is -0.104. The van der Waals surface area contributed by atoms with Crippen LogP contribution >= 0.6 is 11.6 Å². The number of hydrogen-bond acceptors (Lipinski definition) is 2. The van der Waals surface area contributed by atoms with Crippen molar-refractivity contribution in [3.63, 3.8) is 0 Å². The summed E-state index contributed by atoms with van der Waals surface area (Å²) in [5, 5.41) is 8.72. The molecule has 84 valence electrons. The van der Waals surface area contributed by atoms with E-state index in [9.17, 15) is 9.18 Å². The van der Waals surface area contributed by atoms with Gasteiger partial charge in [0.15, 0.2) is 11.6 Å². The summed E-state index contributed by atoms with van der Waals surface area (Å²) < 4.78 is 13.5. The van der Waals surface area contributed by atoms with Gasteiger partial charge in [-0.05, 0) is 18.6 Å². The van der Waals surface area contributed by atoms with Crippen LogP contribution in [0.15, 0.2) is 18.2 Å². The third kappa shape index (κ3) is 2.59. The molecule has 0 aliphatic rings. The molecule has 1 aromatic carbocycles. The maximum atomic E-state index is 13.5. The predicted octanol–water partition coefficient (Wildman–Crippen LogP) is 3.60. The monoisotopic (exact) mass is 239 g/mol. The minimum atomic E-state index is -0.794. The van der Waals surface area contributed by atoms with E-state index in [0.717, 1.165) is 0 Å². The van der Waals surface area contributed by atoms with E-state index in [-0.39, 0.29) is 10.6 Å². The molecular formula is C12H11ClFNO. The van der Waals surface area contributed by atoms with Crippen molar-refractivity contribution in [1.82, 2.24) is 0 Å². The first-order chi connectivity index (χ1) is 7.61. The molecule has 1 unspecified atom stereocenters. The molecule has 0 aromatic heterocycles. The summed E-state index contributed by atoms with van der Waals surface area (Å²) in [6, 6.07) is 6.11. The summed E-state index contributed by atoms with van der Waals surface area (Å²) in [5.74, 6) is -2.03. The van der Waals surface area contributed by atoms with Crippen LogP contribution in [0.1, 0.15) is 30.1 Å². The van der Waals surface area contributed by atoms with Crippen molar-refractivity contribution in [2.75, 3.05) is 0 Å². The number of rotatable bonds is 4. The Labute approximate surface area is 98.6 Å². The van der Waals surface area contributed by atoms with Gasteiger partial charge in [0.25, 0.3) is 0 Å². The van der Waals surface area contributed by atoms with Gasteiger partial charge in [0.2, 0.25) is 0 Å². The van der Waals surface area contributed by atoms with Gasteiger partial charge in [-0.15, -0.1) is 0 Å². The highest BCUT2D eigenvalue weighted by atomic mass is 35.5. The number of hydrogen-bond donors (Lipinski definition) is 0. The number of Topliss-reactive ketones (excluding diaryl/α,β-unsaturated/α-hetero) is 1. The lowest BCUT2D eigenvalue weighted by Gasteiger charge is -2.07. The van der Waals surface area contributed by atoms with Crippen LogP contribution in [-0.4, -0.2) is 5.78 Å². The van der Waals surface area contributed by atoms with Gasteiger partial charge < -0.3 is 0 Å². The van der Waals surface area contributed by atoms with E-state index in [1.807, 2.05) is 13.0 Å². The molecule has 0 saturated carbocycles. The van der Waals surface area contributed by atoms with Crippen molar-refractivity contribution in [2.45, 2.75) is 19.8 Å². The Bertz CT molecular complexity index is 439. The summed E-state index contributed by atoms with van der Waals surface area (Å²) in [6.07, 6.45) is 1.13. The van der Waals surface area contributed by atoms with Gasteiger partial charge in [-0.1, -0.05) is 31.0 Å². The summed E-state index contributed by atoms with van der Waals surface area (Å²) in [7, 11) is 0. The van der Waals surface area contributed by atoms with Gasteiger partial charge in [0.1, 0.15) is 5.92 Å². The van der Waals surface area contributed by atoms with E-state index >= 15 is 0 Å².